The van der Waals surface area contributed by atoms with Crippen molar-refractivity contribution in [3.8, 4) is 0 Å². The molecule has 1 aliphatic heterocycles. The van der Waals surface area contributed by atoms with Crippen molar-refractivity contribution in [1.29, 1.82) is 0 Å². The van der Waals surface area contributed by atoms with E-state index < -0.39 is 0 Å². The standard InChI is InChI=1S/C19H24N4O.2ClH/c1-15(18(20)16-7-3-2-4-8-16)19(24)23-13-11-22(12-14-23)17-9-5-6-10-21-17;;/h2-10,15,18H,11-14,20H2,1H3;2*1H. The van der Waals surface area contributed by atoms with Crippen molar-refractivity contribution in [2.75, 3.05) is 31.1 Å². The highest BCUT2D eigenvalue weighted by atomic mass is 35.5. The molecule has 1 aromatic carbocycles. The number of halogens is 2. The van der Waals surface area contributed by atoms with Gasteiger partial charge in [0, 0.05) is 38.4 Å². The number of carbonyl (C=O) groups is 1. The van der Waals surface area contributed by atoms with E-state index in [0.717, 1.165) is 24.5 Å². The fourth-order valence-corrected chi connectivity index (χ4v) is 3.10. The number of hydrogen-bond donors (Lipinski definition) is 1. The molecule has 0 aliphatic carbocycles. The summed E-state index contributed by atoms with van der Waals surface area (Å²) in [5.74, 6) is 0.874. The Hall–Kier alpha value is -1.82. The van der Waals surface area contributed by atoms with Crippen LogP contribution in [0.2, 0.25) is 0 Å². The topological polar surface area (TPSA) is 62.5 Å². The van der Waals surface area contributed by atoms with E-state index in [9.17, 15) is 4.79 Å². The molecule has 2 aromatic rings. The molecule has 142 valence electrons. The van der Waals surface area contributed by atoms with Crippen molar-refractivity contribution in [3.63, 3.8) is 0 Å². The minimum Gasteiger partial charge on any atom is -0.353 e. The zero-order valence-corrected chi connectivity index (χ0v) is 16.5. The average molecular weight is 397 g/mol. The van der Waals surface area contributed by atoms with Crippen molar-refractivity contribution in [1.82, 2.24) is 9.88 Å². The van der Waals surface area contributed by atoms with Gasteiger partial charge in [-0.05, 0) is 17.7 Å². The monoisotopic (exact) mass is 396 g/mol. The first-order chi connectivity index (χ1) is 11.7. The number of carbonyl (C=O) groups excluding carboxylic acids is 1. The molecule has 0 radical (unpaired) electrons. The summed E-state index contributed by atoms with van der Waals surface area (Å²) in [6.07, 6.45) is 1.80. The number of pyridine rings is 1. The van der Waals surface area contributed by atoms with Crippen LogP contribution in [0.5, 0.6) is 0 Å². The molecule has 1 aliphatic rings. The second-order valence-electron chi connectivity index (χ2n) is 6.23. The number of piperazine rings is 1. The van der Waals surface area contributed by atoms with Crippen LogP contribution in [0.15, 0.2) is 54.7 Å². The molecule has 2 atom stereocenters. The maximum absolute atomic E-state index is 12.8. The number of anilines is 1. The molecule has 1 aromatic heterocycles. The van der Waals surface area contributed by atoms with Crippen molar-refractivity contribution >= 4 is 36.5 Å². The number of hydrogen-bond acceptors (Lipinski definition) is 4. The van der Waals surface area contributed by atoms with Crippen LogP contribution < -0.4 is 10.6 Å². The van der Waals surface area contributed by atoms with Crippen LogP contribution in [0.25, 0.3) is 0 Å². The summed E-state index contributed by atoms with van der Waals surface area (Å²) < 4.78 is 0. The largest absolute Gasteiger partial charge is 0.353 e. The second kappa shape index (κ2) is 10.4. The fourth-order valence-electron chi connectivity index (χ4n) is 3.10. The molecule has 2 N–H and O–H groups in total. The molecule has 7 heteroatoms. The molecule has 3 rings (SSSR count). The molecule has 0 bridgehead atoms. The first-order valence-corrected chi connectivity index (χ1v) is 8.42. The fraction of sp³-hybridized carbons (Fsp3) is 0.368. The van der Waals surface area contributed by atoms with E-state index >= 15 is 0 Å². The first-order valence-electron chi connectivity index (χ1n) is 8.42. The second-order valence-corrected chi connectivity index (χ2v) is 6.23. The van der Waals surface area contributed by atoms with Gasteiger partial charge in [-0.3, -0.25) is 4.79 Å². The predicted molar refractivity (Wildman–Crippen MR) is 110 cm³/mol. The summed E-state index contributed by atoms with van der Waals surface area (Å²) in [7, 11) is 0. The molecular weight excluding hydrogens is 371 g/mol. The van der Waals surface area contributed by atoms with Gasteiger partial charge in [0.05, 0.1) is 5.92 Å². The van der Waals surface area contributed by atoms with Gasteiger partial charge in [-0.25, -0.2) is 4.98 Å². The summed E-state index contributed by atoms with van der Waals surface area (Å²) in [5.41, 5.74) is 7.30. The van der Waals surface area contributed by atoms with E-state index in [-0.39, 0.29) is 42.7 Å². The Morgan fingerprint density at radius 3 is 2.19 bits per heavy atom. The third kappa shape index (κ3) is 5.10. The summed E-state index contributed by atoms with van der Waals surface area (Å²) in [5, 5.41) is 0. The molecule has 0 saturated carbocycles. The zero-order chi connectivity index (χ0) is 16.9. The van der Waals surface area contributed by atoms with E-state index in [4.69, 9.17) is 5.73 Å². The number of nitrogens with two attached hydrogens (primary N) is 1. The SMILES string of the molecule is CC(C(=O)N1CCN(c2ccccn2)CC1)C(N)c1ccccc1.Cl.Cl. The van der Waals surface area contributed by atoms with Gasteiger partial charge in [0.15, 0.2) is 0 Å². The highest BCUT2D eigenvalue weighted by Gasteiger charge is 2.29. The Balaban J connectivity index is 0.00000169. The van der Waals surface area contributed by atoms with Crippen LogP contribution in [-0.2, 0) is 4.79 Å². The summed E-state index contributed by atoms with van der Waals surface area (Å²) in [6, 6.07) is 15.5. The van der Waals surface area contributed by atoms with E-state index in [0.29, 0.717) is 13.1 Å². The summed E-state index contributed by atoms with van der Waals surface area (Å²) in [6.45, 7) is 4.94. The number of rotatable bonds is 4. The molecule has 2 unspecified atom stereocenters. The van der Waals surface area contributed by atoms with Crippen LogP contribution in [0.4, 0.5) is 5.82 Å². The van der Waals surface area contributed by atoms with E-state index in [1.807, 2.05) is 60.4 Å². The molecule has 0 spiro atoms. The number of amides is 1. The lowest BCUT2D eigenvalue weighted by Crippen LogP contribution is -2.51. The number of aromatic nitrogens is 1. The highest BCUT2D eigenvalue weighted by molar-refractivity contribution is 5.85. The summed E-state index contributed by atoms with van der Waals surface area (Å²) in [4.78, 5) is 21.3. The van der Waals surface area contributed by atoms with Gasteiger partial charge in [-0.15, -0.1) is 24.8 Å². The van der Waals surface area contributed by atoms with Gasteiger partial charge in [-0.2, -0.15) is 0 Å². The van der Waals surface area contributed by atoms with Crippen molar-refractivity contribution < 1.29 is 4.79 Å². The average Bonchev–Trinajstić information content (AvgIpc) is 2.68. The molecule has 2 heterocycles. The Labute approximate surface area is 167 Å². The van der Waals surface area contributed by atoms with Gasteiger partial charge in [0.2, 0.25) is 5.91 Å². The van der Waals surface area contributed by atoms with Gasteiger partial charge in [0.25, 0.3) is 0 Å². The minimum absolute atomic E-state index is 0. The smallest absolute Gasteiger partial charge is 0.227 e. The lowest BCUT2D eigenvalue weighted by molar-refractivity contribution is -0.136. The Morgan fingerprint density at radius 2 is 1.62 bits per heavy atom. The van der Waals surface area contributed by atoms with Gasteiger partial charge < -0.3 is 15.5 Å². The van der Waals surface area contributed by atoms with Gasteiger partial charge in [-0.1, -0.05) is 43.3 Å². The Bertz CT molecular complexity index is 664. The maximum atomic E-state index is 12.8. The molecular formula is C19H26Cl2N4O. The minimum atomic E-state index is -0.271. The Kier molecular flexibility index (Phi) is 8.85. The maximum Gasteiger partial charge on any atom is 0.227 e. The first kappa shape index (κ1) is 22.2. The third-order valence-electron chi connectivity index (χ3n) is 4.68. The van der Waals surface area contributed by atoms with Crippen LogP contribution in [-0.4, -0.2) is 42.0 Å². The van der Waals surface area contributed by atoms with Crippen LogP contribution >= 0.6 is 24.8 Å². The van der Waals surface area contributed by atoms with E-state index in [1.54, 1.807) is 6.20 Å². The quantitative estimate of drug-likeness (QED) is 0.862. The lowest BCUT2D eigenvalue weighted by Gasteiger charge is -2.37. The van der Waals surface area contributed by atoms with Crippen molar-refractivity contribution in [2.24, 2.45) is 11.7 Å². The Morgan fingerprint density at radius 1 is 1.00 bits per heavy atom. The lowest BCUT2D eigenvalue weighted by atomic mass is 9.94. The zero-order valence-electron chi connectivity index (χ0n) is 14.8. The summed E-state index contributed by atoms with van der Waals surface area (Å²) >= 11 is 0. The van der Waals surface area contributed by atoms with Crippen LogP contribution in [0, 0.1) is 5.92 Å². The van der Waals surface area contributed by atoms with E-state index in [2.05, 4.69) is 9.88 Å². The number of nitrogens with zero attached hydrogens (tertiary/aromatic N) is 3. The van der Waals surface area contributed by atoms with E-state index in [1.165, 1.54) is 0 Å². The van der Waals surface area contributed by atoms with Crippen molar-refractivity contribution in [3.05, 3.63) is 60.3 Å². The molecule has 1 saturated heterocycles. The highest BCUT2D eigenvalue weighted by Crippen LogP contribution is 2.22. The molecule has 1 fully saturated rings. The molecule has 26 heavy (non-hydrogen) atoms. The number of benzene rings is 1. The predicted octanol–water partition coefficient (Wildman–Crippen LogP) is 2.91. The molecule has 1 amide bonds. The van der Waals surface area contributed by atoms with Crippen LogP contribution in [0.3, 0.4) is 0 Å². The van der Waals surface area contributed by atoms with Gasteiger partial charge >= 0.3 is 0 Å². The molecule has 5 nitrogen and oxygen atoms in total. The third-order valence-corrected chi connectivity index (χ3v) is 4.68. The van der Waals surface area contributed by atoms with Gasteiger partial charge in [0.1, 0.15) is 5.82 Å². The normalized spacial score (nSPS) is 16.1. The van der Waals surface area contributed by atoms with Crippen LogP contribution in [0.1, 0.15) is 18.5 Å². The van der Waals surface area contributed by atoms with Crippen molar-refractivity contribution in [2.45, 2.75) is 13.0 Å².